The number of nitrogens with zero attached hydrogens (tertiary/aromatic N) is 2. The first kappa shape index (κ1) is 36.9. The number of halogens is 1. The first-order chi connectivity index (χ1) is 24.1. The molecule has 0 unspecified atom stereocenters. The van der Waals surface area contributed by atoms with Gasteiger partial charge in [0.1, 0.15) is 29.3 Å². The number of ether oxygens (including phenoxy) is 2. The molecule has 16 heteroatoms. The van der Waals surface area contributed by atoms with Crippen molar-refractivity contribution in [2.45, 2.75) is 126 Å². The van der Waals surface area contributed by atoms with Gasteiger partial charge in [-0.2, -0.15) is 0 Å². The van der Waals surface area contributed by atoms with Gasteiger partial charge in [-0.25, -0.2) is 18.0 Å². The Morgan fingerprint density at radius 1 is 1.06 bits per heavy atom. The number of carbonyl (C=O) groups is 5. The normalized spacial score (nSPS) is 28.3. The lowest BCUT2D eigenvalue weighted by atomic mass is 10.0. The topological polar surface area (TPSA) is 181 Å². The summed E-state index contributed by atoms with van der Waals surface area (Å²) < 4.78 is 39.0. The Bertz CT molecular complexity index is 1730. The van der Waals surface area contributed by atoms with E-state index in [0.717, 1.165) is 24.0 Å². The van der Waals surface area contributed by atoms with E-state index in [1.54, 1.807) is 32.9 Å². The van der Waals surface area contributed by atoms with Gasteiger partial charge in [-0.1, -0.05) is 48.7 Å². The van der Waals surface area contributed by atoms with Crippen molar-refractivity contribution in [2.75, 3.05) is 6.54 Å². The Hall–Kier alpha value is -3.85. The van der Waals surface area contributed by atoms with E-state index in [-0.39, 0.29) is 38.9 Å². The van der Waals surface area contributed by atoms with Crippen LogP contribution in [0.1, 0.15) is 89.7 Å². The molecule has 0 radical (unpaired) electrons. The molecule has 1 saturated heterocycles. The van der Waals surface area contributed by atoms with E-state index in [9.17, 15) is 32.4 Å². The number of allylic oxidation sites excluding steroid dienone is 1. The lowest BCUT2D eigenvalue weighted by Gasteiger charge is -2.30. The van der Waals surface area contributed by atoms with E-state index in [4.69, 9.17) is 21.1 Å². The predicted molar refractivity (Wildman–Crippen MR) is 186 cm³/mol. The number of carbonyl (C=O) groups excluding carboxylic acids is 5. The zero-order valence-corrected chi connectivity index (χ0v) is 30.7. The lowest BCUT2D eigenvalue weighted by molar-refractivity contribution is -0.141. The summed E-state index contributed by atoms with van der Waals surface area (Å²) in [6.07, 6.45) is 5.50. The molecule has 0 bridgehead atoms. The lowest BCUT2D eigenvalue weighted by Crippen LogP contribution is -2.58. The summed E-state index contributed by atoms with van der Waals surface area (Å²) in [4.78, 5) is 71.1. The van der Waals surface area contributed by atoms with E-state index in [2.05, 4.69) is 15.4 Å². The zero-order chi connectivity index (χ0) is 36.7. The van der Waals surface area contributed by atoms with Gasteiger partial charge in [0.15, 0.2) is 0 Å². The summed E-state index contributed by atoms with van der Waals surface area (Å²) in [5, 5.41) is 5.39. The summed E-state index contributed by atoms with van der Waals surface area (Å²) >= 11 is 6.35. The quantitative estimate of drug-likeness (QED) is 0.379. The largest absolute Gasteiger partial charge is 0.444 e. The molecule has 0 aromatic heterocycles. The summed E-state index contributed by atoms with van der Waals surface area (Å²) in [7, 11) is -3.90. The molecule has 3 fully saturated rings. The molecule has 1 aromatic rings. The number of amides is 5. The minimum Gasteiger partial charge on any atom is -0.444 e. The van der Waals surface area contributed by atoms with Gasteiger partial charge in [0.25, 0.3) is 5.91 Å². The molecule has 51 heavy (non-hydrogen) atoms. The van der Waals surface area contributed by atoms with Crippen molar-refractivity contribution in [3.8, 4) is 0 Å². The van der Waals surface area contributed by atoms with Crippen LogP contribution in [0, 0.1) is 5.92 Å². The highest BCUT2D eigenvalue weighted by Gasteiger charge is 2.62. The van der Waals surface area contributed by atoms with Crippen LogP contribution in [0.4, 0.5) is 9.59 Å². The van der Waals surface area contributed by atoms with Crippen LogP contribution in [-0.4, -0.2) is 89.2 Å². The van der Waals surface area contributed by atoms with Gasteiger partial charge in [-0.05, 0) is 76.5 Å². The smallest absolute Gasteiger partial charge is 0.410 e. The van der Waals surface area contributed by atoms with E-state index in [0.29, 0.717) is 30.7 Å². The minimum absolute atomic E-state index is 0.0808. The van der Waals surface area contributed by atoms with Crippen LogP contribution in [0.25, 0.3) is 0 Å². The first-order valence-electron chi connectivity index (χ1n) is 17.6. The van der Waals surface area contributed by atoms with E-state index < -0.39 is 80.4 Å². The van der Waals surface area contributed by atoms with Crippen molar-refractivity contribution in [3.05, 3.63) is 46.5 Å². The van der Waals surface area contributed by atoms with Crippen LogP contribution < -0.4 is 15.4 Å². The third kappa shape index (κ3) is 8.45. The fourth-order valence-corrected chi connectivity index (χ4v) is 8.64. The van der Waals surface area contributed by atoms with Gasteiger partial charge in [-0.3, -0.25) is 24.0 Å². The Balaban J connectivity index is 1.25. The van der Waals surface area contributed by atoms with Crippen LogP contribution in [0.2, 0.25) is 5.02 Å². The van der Waals surface area contributed by atoms with Crippen molar-refractivity contribution in [3.63, 3.8) is 0 Å². The number of alkyl carbamates (subject to hydrolysis) is 1. The minimum atomic E-state index is -3.90. The number of benzene rings is 1. The molecule has 3 heterocycles. The summed E-state index contributed by atoms with van der Waals surface area (Å²) in [5.74, 6) is -2.53. The van der Waals surface area contributed by atoms with Gasteiger partial charge < -0.3 is 25.0 Å². The Kier molecular flexibility index (Phi) is 10.3. The van der Waals surface area contributed by atoms with Crippen LogP contribution in [0.15, 0.2) is 30.4 Å². The Labute approximate surface area is 303 Å². The zero-order valence-electron chi connectivity index (χ0n) is 29.1. The number of sulfonamides is 1. The Morgan fingerprint density at radius 2 is 1.82 bits per heavy atom. The molecular formula is C35H46ClN5O9S. The van der Waals surface area contributed by atoms with E-state index in [1.165, 1.54) is 9.80 Å². The van der Waals surface area contributed by atoms with E-state index in [1.807, 2.05) is 18.2 Å². The molecule has 0 spiro atoms. The molecule has 6 rings (SSSR count). The molecule has 2 saturated carbocycles. The molecule has 2 aliphatic carbocycles. The number of fused-ring (bicyclic) bond motifs is 3. The van der Waals surface area contributed by atoms with Gasteiger partial charge in [0.05, 0.1) is 18.3 Å². The molecule has 3 N–H and O–H groups in total. The number of hydrogen-bond donors (Lipinski definition) is 3. The fourth-order valence-electron chi connectivity index (χ4n) is 7.02. The third-order valence-corrected chi connectivity index (χ3v) is 12.2. The second-order valence-electron chi connectivity index (χ2n) is 15.2. The molecule has 3 aliphatic heterocycles. The van der Waals surface area contributed by atoms with Gasteiger partial charge in [-0.15, -0.1) is 0 Å². The highest BCUT2D eigenvalue weighted by atomic mass is 35.5. The van der Waals surface area contributed by atoms with Crippen LogP contribution >= 0.6 is 11.6 Å². The maximum Gasteiger partial charge on any atom is 0.410 e. The third-order valence-electron chi connectivity index (χ3n) is 9.99. The SMILES string of the molecule is CC(C)(C)OC(=O)N[C@@H]1CCCCCC=C[C@@H]2C[C@@]2(C(=O)NS(=O)(=O)C2CC2)NC(=O)[C@@H]2C[C@@H](OC(=O)N3Cc4cccc(Cl)c4C3)CN2C1=O. The van der Waals surface area contributed by atoms with Crippen LogP contribution in [0.3, 0.4) is 0 Å². The van der Waals surface area contributed by atoms with Crippen molar-refractivity contribution in [1.82, 2.24) is 25.2 Å². The number of hydrogen-bond acceptors (Lipinski definition) is 9. The van der Waals surface area contributed by atoms with Gasteiger partial charge >= 0.3 is 12.2 Å². The van der Waals surface area contributed by atoms with Crippen molar-refractivity contribution < 1.29 is 41.9 Å². The maximum atomic E-state index is 14.3. The average Bonchev–Trinajstić information content (AvgIpc) is 3.93. The monoisotopic (exact) mass is 747 g/mol. The molecule has 5 atom stereocenters. The molecule has 5 aliphatic rings. The first-order valence-corrected chi connectivity index (χ1v) is 19.6. The highest BCUT2D eigenvalue weighted by molar-refractivity contribution is 7.91. The van der Waals surface area contributed by atoms with E-state index >= 15 is 0 Å². The molecular weight excluding hydrogens is 702 g/mol. The second-order valence-corrected chi connectivity index (χ2v) is 17.6. The van der Waals surface area contributed by atoms with Crippen LogP contribution in [-0.2, 0) is 47.0 Å². The van der Waals surface area contributed by atoms with Crippen molar-refractivity contribution in [2.24, 2.45) is 5.92 Å². The molecule has 1 aromatic carbocycles. The van der Waals surface area contributed by atoms with Crippen LogP contribution in [0.5, 0.6) is 0 Å². The van der Waals surface area contributed by atoms with Crippen molar-refractivity contribution in [1.29, 1.82) is 0 Å². The fraction of sp³-hybridized carbons (Fsp3) is 0.629. The standard InChI is InChI=1S/C35H46ClN5O9S/c1-34(2,3)50-32(45)37-27-13-8-6-4-5-7-11-22-17-35(22,31(44)39-51(47,48)24-14-15-24)38-29(42)28-16-23(19-41(28)30(27)43)49-33(46)40-18-21-10-9-12-26(36)25(21)20-40/h7,9-12,22-24,27-28H,4-6,8,13-20H2,1-3H3,(H,37,45)(H,38,42)(H,39,44)/t22-,23-,27-,28+,35-/m1/s1. The molecule has 14 nitrogen and oxygen atoms in total. The Morgan fingerprint density at radius 3 is 2.53 bits per heavy atom. The highest BCUT2D eigenvalue weighted by Crippen LogP contribution is 2.46. The summed E-state index contributed by atoms with van der Waals surface area (Å²) in [6, 6.07) is 3.19. The van der Waals surface area contributed by atoms with Crippen molar-refractivity contribution >= 4 is 51.5 Å². The molecule has 278 valence electrons. The average molecular weight is 748 g/mol. The maximum absolute atomic E-state index is 14.3. The number of nitrogens with one attached hydrogen (secondary N) is 3. The summed E-state index contributed by atoms with van der Waals surface area (Å²) in [6.45, 7) is 5.50. The summed E-state index contributed by atoms with van der Waals surface area (Å²) in [5.41, 5.74) is -0.643. The molecule has 5 amide bonds. The van der Waals surface area contributed by atoms with Gasteiger partial charge in [0, 0.05) is 23.9 Å². The second kappa shape index (κ2) is 14.3. The van der Waals surface area contributed by atoms with Gasteiger partial charge in [0.2, 0.25) is 21.8 Å². The predicted octanol–water partition coefficient (Wildman–Crippen LogP) is 3.66. The number of rotatable bonds is 5.